The maximum Gasteiger partial charge on any atom is 0.251 e. The number of methoxy groups -OCH3 is 1. The topological polar surface area (TPSA) is 67.0 Å². The lowest BCUT2D eigenvalue weighted by Crippen LogP contribution is -2.28. The van der Waals surface area contributed by atoms with Crippen molar-refractivity contribution >= 4 is 29.1 Å². The summed E-state index contributed by atoms with van der Waals surface area (Å²) in [6.07, 6.45) is 4.06. The second-order valence-corrected chi connectivity index (χ2v) is 5.20. The molecule has 1 unspecified atom stereocenters. The summed E-state index contributed by atoms with van der Waals surface area (Å²) in [4.78, 5) is 19.4. The van der Waals surface area contributed by atoms with Gasteiger partial charge in [-0.3, -0.25) is 4.79 Å². The summed E-state index contributed by atoms with van der Waals surface area (Å²) in [7, 11) is 1.47. The van der Waals surface area contributed by atoms with Crippen LogP contribution >= 0.6 is 23.2 Å². The number of nitrogens with one attached hydrogen (secondary N) is 2. The van der Waals surface area contributed by atoms with Crippen LogP contribution in [-0.2, 0) is 0 Å². The molecule has 0 radical (unpaired) electrons. The lowest BCUT2D eigenvalue weighted by atomic mass is 10.1. The van der Waals surface area contributed by atoms with Gasteiger partial charge in [-0.05, 0) is 18.6 Å². The molecule has 7 heteroatoms. The van der Waals surface area contributed by atoms with Gasteiger partial charge in [-0.1, -0.05) is 30.1 Å². The van der Waals surface area contributed by atoms with Crippen molar-refractivity contribution in [1.29, 1.82) is 0 Å². The molecule has 1 amide bonds. The number of amides is 1. The largest absolute Gasteiger partial charge is 0.494 e. The highest BCUT2D eigenvalue weighted by Gasteiger charge is 2.18. The zero-order chi connectivity index (χ0) is 15.4. The molecular weight excluding hydrogens is 313 g/mol. The van der Waals surface area contributed by atoms with Gasteiger partial charge in [0.2, 0.25) is 0 Å². The molecule has 1 aromatic carbocycles. The molecule has 2 aromatic rings. The van der Waals surface area contributed by atoms with Crippen molar-refractivity contribution in [3.63, 3.8) is 0 Å². The molecule has 0 bridgehead atoms. The first-order chi connectivity index (χ1) is 10.1. The summed E-state index contributed by atoms with van der Waals surface area (Å²) < 4.78 is 5.06. The highest BCUT2D eigenvalue weighted by atomic mass is 35.5. The fourth-order valence-corrected chi connectivity index (χ4v) is 2.60. The Kier molecular flexibility index (Phi) is 5.09. The van der Waals surface area contributed by atoms with Crippen molar-refractivity contribution in [2.75, 3.05) is 7.11 Å². The van der Waals surface area contributed by atoms with E-state index in [4.69, 9.17) is 27.9 Å². The van der Waals surface area contributed by atoms with E-state index in [-0.39, 0.29) is 11.9 Å². The number of carbonyl (C=O) groups excluding carboxylic acids is 1. The van der Waals surface area contributed by atoms with Crippen LogP contribution < -0.4 is 10.1 Å². The lowest BCUT2D eigenvalue weighted by Gasteiger charge is -2.15. The first-order valence-electron chi connectivity index (χ1n) is 6.40. The minimum atomic E-state index is -0.273. The van der Waals surface area contributed by atoms with Crippen molar-refractivity contribution in [2.24, 2.45) is 0 Å². The molecule has 0 aliphatic heterocycles. The Labute approximate surface area is 132 Å². The van der Waals surface area contributed by atoms with Gasteiger partial charge < -0.3 is 15.0 Å². The van der Waals surface area contributed by atoms with Crippen molar-refractivity contribution in [2.45, 2.75) is 19.4 Å². The summed E-state index contributed by atoms with van der Waals surface area (Å²) >= 11 is 12.1. The number of aromatic amines is 1. The van der Waals surface area contributed by atoms with Crippen molar-refractivity contribution in [3.8, 4) is 5.75 Å². The molecule has 21 heavy (non-hydrogen) atoms. The van der Waals surface area contributed by atoms with Crippen LogP contribution in [0.25, 0.3) is 0 Å². The standard InChI is InChI=1S/C14H15Cl2N3O2/c1-3-11(13-17-4-5-18-13)19-14(20)8-6-9(15)12(21-2)10(16)7-8/h4-7,11H,3H2,1-2H3,(H,17,18)(H,19,20). The van der Waals surface area contributed by atoms with Crippen LogP contribution in [0.5, 0.6) is 5.75 Å². The van der Waals surface area contributed by atoms with Crippen LogP contribution in [0.3, 0.4) is 0 Å². The molecule has 0 spiro atoms. The number of nitrogens with zero attached hydrogens (tertiary/aromatic N) is 1. The third-order valence-electron chi connectivity index (χ3n) is 3.03. The molecule has 5 nitrogen and oxygen atoms in total. The monoisotopic (exact) mass is 327 g/mol. The second kappa shape index (κ2) is 6.83. The molecule has 0 aliphatic carbocycles. The summed E-state index contributed by atoms with van der Waals surface area (Å²) in [6, 6.07) is 2.85. The Bertz CT molecular complexity index is 606. The Morgan fingerprint density at radius 2 is 2.10 bits per heavy atom. The number of imidazole rings is 1. The number of ether oxygens (including phenoxy) is 1. The van der Waals surface area contributed by atoms with Crippen molar-refractivity contribution < 1.29 is 9.53 Å². The van der Waals surface area contributed by atoms with Gasteiger partial charge in [0.05, 0.1) is 23.2 Å². The van der Waals surface area contributed by atoms with Crippen molar-refractivity contribution in [1.82, 2.24) is 15.3 Å². The van der Waals surface area contributed by atoms with Crippen LogP contribution in [0.2, 0.25) is 10.0 Å². The Morgan fingerprint density at radius 1 is 1.43 bits per heavy atom. The van der Waals surface area contributed by atoms with E-state index in [0.29, 0.717) is 33.6 Å². The Morgan fingerprint density at radius 3 is 2.57 bits per heavy atom. The molecular formula is C14H15Cl2N3O2. The summed E-state index contributed by atoms with van der Waals surface area (Å²) in [6.45, 7) is 1.96. The maximum atomic E-state index is 12.3. The third-order valence-corrected chi connectivity index (χ3v) is 3.59. The number of aromatic nitrogens is 2. The molecule has 2 N–H and O–H groups in total. The van der Waals surface area contributed by atoms with E-state index in [9.17, 15) is 4.79 Å². The van der Waals surface area contributed by atoms with E-state index in [0.717, 1.165) is 0 Å². The average molecular weight is 328 g/mol. The van der Waals surface area contributed by atoms with E-state index in [2.05, 4.69) is 15.3 Å². The number of H-pyrrole nitrogens is 1. The maximum absolute atomic E-state index is 12.3. The zero-order valence-electron chi connectivity index (χ0n) is 11.6. The highest BCUT2D eigenvalue weighted by Crippen LogP contribution is 2.33. The predicted molar refractivity (Wildman–Crippen MR) is 82.1 cm³/mol. The quantitative estimate of drug-likeness (QED) is 0.881. The summed E-state index contributed by atoms with van der Waals surface area (Å²) in [5, 5.41) is 3.47. The van der Waals surface area contributed by atoms with Gasteiger partial charge in [-0.2, -0.15) is 0 Å². The number of hydrogen-bond acceptors (Lipinski definition) is 3. The molecule has 0 fully saturated rings. The summed E-state index contributed by atoms with van der Waals surface area (Å²) in [5.41, 5.74) is 0.371. The highest BCUT2D eigenvalue weighted by molar-refractivity contribution is 6.37. The van der Waals surface area contributed by atoms with Gasteiger partial charge in [0, 0.05) is 18.0 Å². The second-order valence-electron chi connectivity index (χ2n) is 4.38. The molecule has 1 heterocycles. The van der Waals surface area contributed by atoms with Crippen LogP contribution in [-0.4, -0.2) is 23.0 Å². The van der Waals surface area contributed by atoms with E-state index in [1.807, 2.05) is 6.92 Å². The first kappa shape index (κ1) is 15.7. The van der Waals surface area contributed by atoms with Gasteiger partial charge in [-0.15, -0.1) is 0 Å². The predicted octanol–water partition coefficient (Wildman–Crippen LogP) is 3.61. The SMILES string of the molecule is CCC(NC(=O)c1cc(Cl)c(OC)c(Cl)c1)c1ncc[nH]1. The van der Waals surface area contributed by atoms with Crippen LogP contribution in [0, 0.1) is 0 Å². The molecule has 1 atom stereocenters. The smallest absolute Gasteiger partial charge is 0.251 e. The van der Waals surface area contributed by atoms with Gasteiger partial charge in [-0.25, -0.2) is 4.98 Å². The number of carbonyl (C=O) groups is 1. The molecule has 112 valence electrons. The summed E-state index contributed by atoms with van der Waals surface area (Å²) in [5.74, 6) is 0.786. The molecule has 0 aliphatic rings. The minimum Gasteiger partial charge on any atom is -0.494 e. The minimum absolute atomic E-state index is 0.202. The Hall–Kier alpha value is -1.72. The van der Waals surface area contributed by atoms with Gasteiger partial charge in [0.1, 0.15) is 5.82 Å². The van der Waals surface area contributed by atoms with Crippen molar-refractivity contribution in [3.05, 3.63) is 46.0 Å². The van der Waals surface area contributed by atoms with Crippen LogP contribution in [0.1, 0.15) is 35.6 Å². The third kappa shape index (κ3) is 3.49. The first-order valence-corrected chi connectivity index (χ1v) is 7.15. The van der Waals surface area contributed by atoms with Crippen LogP contribution in [0.15, 0.2) is 24.5 Å². The fraction of sp³-hybridized carbons (Fsp3) is 0.286. The number of halogens is 2. The van der Waals surface area contributed by atoms with Gasteiger partial charge >= 0.3 is 0 Å². The number of benzene rings is 1. The fourth-order valence-electron chi connectivity index (χ4n) is 1.96. The number of rotatable bonds is 5. The molecule has 0 saturated carbocycles. The van der Waals surface area contributed by atoms with Crippen LogP contribution in [0.4, 0.5) is 0 Å². The van der Waals surface area contributed by atoms with E-state index >= 15 is 0 Å². The average Bonchev–Trinajstić information content (AvgIpc) is 2.98. The lowest BCUT2D eigenvalue weighted by molar-refractivity contribution is 0.0934. The normalized spacial score (nSPS) is 12.0. The molecule has 1 aromatic heterocycles. The number of hydrogen-bond donors (Lipinski definition) is 2. The molecule has 2 rings (SSSR count). The molecule has 0 saturated heterocycles. The van der Waals surface area contributed by atoms with Gasteiger partial charge in [0.25, 0.3) is 5.91 Å². The Balaban J connectivity index is 2.20. The van der Waals surface area contributed by atoms with E-state index in [1.54, 1.807) is 12.4 Å². The van der Waals surface area contributed by atoms with Gasteiger partial charge in [0.15, 0.2) is 5.75 Å². The van der Waals surface area contributed by atoms with E-state index in [1.165, 1.54) is 19.2 Å². The zero-order valence-corrected chi connectivity index (χ0v) is 13.1. The van der Waals surface area contributed by atoms with E-state index < -0.39 is 0 Å².